The minimum Gasteiger partial charge on any atom is -0.494 e. The van der Waals surface area contributed by atoms with Gasteiger partial charge in [-0.2, -0.15) is 0 Å². The molecule has 2 nitrogen and oxygen atoms in total. The van der Waals surface area contributed by atoms with E-state index in [0.29, 0.717) is 11.5 Å². The van der Waals surface area contributed by atoms with E-state index in [9.17, 15) is 4.39 Å². The molecule has 4 heteroatoms. The Balaban J connectivity index is 2.19. The first-order chi connectivity index (χ1) is 9.10. The highest BCUT2D eigenvalue weighted by atomic mass is 79.9. The summed E-state index contributed by atoms with van der Waals surface area (Å²) in [6.07, 6.45) is 0. The largest absolute Gasteiger partial charge is 0.494 e. The van der Waals surface area contributed by atoms with Crippen molar-refractivity contribution in [2.45, 2.75) is 0 Å². The van der Waals surface area contributed by atoms with E-state index in [1.54, 1.807) is 6.07 Å². The van der Waals surface area contributed by atoms with Crippen LogP contribution < -0.4 is 9.47 Å². The summed E-state index contributed by atoms with van der Waals surface area (Å²) < 4.78 is 25.3. The van der Waals surface area contributed by atoms with E-state index < -0.39 is 5.82 Å². The van der Waals surface area contributed by atoms with Crippen molar-refractivity contribution in [3.63, 3.8) is 0 Å². The van der Waals surface area contributed by atoms with Crippen molar-refractivity contribution >= 4 is 21.5 Å². The van der Waals surface area contributed by atoms with Gasteiger partial charge in [-0.15, -0.1) is 0 Å². The Hall–Kier alpha value is -1.81. The fraction of sp³-hybridized carbons (Fsp3) is 0.0667. The minimum absolute atomic E-state index is 0.182. The molecule has 0 unspecified atom stereocenters. The summed E-state index contributed by atoms with van der Waals surface area (Å²) >= 11 is 3.42. The van der Waals surface area contributed by atoms with Crippen LogP contribution in [-0.4, -0.2) is 7.11 Å². The van der Waals surface area contributed by atoms with Crippen LogP contribution in [-0.2, 0) is 0 Å². The van der Waals surface area contributed by atoms with Gasteiger partial charge in [-0.25, -0.2) is 4.39 Å². The fourth-order valence-corrected chi connectivity index (χ4v) is 2.46. The van der Waals surface area contributed by atoms with Gasteiger partial charge < -0.3 is 9.47 Å². The van der Waals surface area contributed by atoms with Gasteiger partial charge in [0.1, 0.15) is 11.5 Å². The molecule has 0 saturated carbocycles. The molecule has 0 bridgehead atoms. The second kappa shape index (κ2) is 4.38. The number of fused-ring (bicyclic) bond motifs is 2. The predicted octanol–water partition coefficient (Wildman–Crippen LogP) is 4.76. The van der Waals surface area contributed by atoms with Crippen molar-refractivity contribution in [1.29, 1.82) is 0 Å². The van der Waals surface area contributed by atoms with E-state index in [2.05, 4.69) is 22.5 Å². The van der Waals surface area contributed by atoms with Gasteiger partial charge in [0.15, 0.2) is 11.6 Å². The Morgan fingerprint density at radius 3 is 2.63 bits per heavy atom. The molecule has 0 fully saturated rings. The van der Waals surface area contributed by atoms with E-state index in [0.717, 1.165) is 21.2 Å². The molecule has 1 aliphatic heterocycles. The number of hydrogen-bond acceptors (Lipinski definition) is 2. The summed E-state index contributed by atoms with van der Waals surface area (Å²) in [6.45, 7) is 4.06. The lowest BCUT2D eigenvalue weighted by Crippen LogP contribution is -2.03. The maximum atomic E-state index is 13.7. The highest BCUT2D eigenvalue weighted by Crippen LogP contribution is 2.45. The van der Waals surface area contributed by atoms with Gasteiger partial charge in [0.2, 0.25) is 0 Å². The Kier molecular flexibility index (Phi) is 2.82. The van der Waals surface area contributed by atoms with Gasteiger partial charge in [0.05, 0.1) is 7.11 Å². The van der Waals surface area contributed by atoms with Gasteiger partial charge in [0.25, 0.3) is 0 Å². The average molecular weight is 321 g/mol. The van der Waals surface area contributed by atoms with Crippen LogP contribution in [0.3, 0.4) is 0 Å². The van der Waals surface area contributed by atoms with Crippen LogP contribution in [0.1, 0.15) is 11.1 Å². The molecule has 0 spiro atoms. The van der Waals surface area contributed by atoms with Crippen LogP contribution in [0.5, 0.6) is 17.2 Å². The highest BCUT2D eigenvalue weighted by Gasteiger charge is 2.23. The van der Waals surface area contributed by atoms with Crippen LogP contribution in [0, 0.1) is 5.82 Å². The summed E-state index contributed by atoms with van der Waals surface area (Å²) in [6, 6.07) is 8.56. The second-order valence-electron chi connectivity index (χ2n) is 4.20. The quantitative estimate of drug-likeness (QED) is 0.643. The molecular weight excluding hydrogens is 311 g/mol. The molecule has 0 aromatic heterocycles. The third-order valence-electron chi connectivity index (χ3n) is 3.07. The Morgan fingerprint density at radius 2 is 1.89 bits per heavy atom. The van der Waals surface area contributed by atoms with Crippen LogP contribution in [0.25, 0.3) is 5.57 Å². The van der Waals surface area contributed by atoms with Crippen molar-refractivity contribution in [2.24, 2.45) is 0 Å². The van der Waals surface area contributed by atoms with Crippen molar-refractivity contribution in [1.82, 2.24) is 0 Å². The van der Waals surface area contributed by atoms with Crippen molar-refractivity contribution in [2.75, 3.05) is 7.11 Å². The van der Waals surface area contributed by atoms with Crippen LogP contribution in [0.2, 0.25) is 0 Å². The van der Waals surface area contributed by atoms with Gasteiger partial charge in [-0.3, -0.25) is 0 Å². The molecular formula is C15H10BrFO2. The molecule has 1 aliphatic rings. The Morgan fingerprint density at radius 1 is 1.16 bits per heavy atom. The smallest absolute Gasteiger partial charge is 0.168 e. The highest BCUT2D eigenvalue weighted by molar-refractivity contribution is 9.10. The van der Waals surface area contributed by atoms with Crippen LogP contribution in [0.4, 0.5) is 4.39 Å². The number of halogens is 2. The molecule has 3 rings (SSSR count). The second-order valence-corrected chi connectivity index (χ2v) is 5.12. The third kappa shape index (κ3) is 1.92. The fourth-order valence-electron chi connectivity index (χ4n) is 2.10. The molecule has 2 aromatic carbocycles. The van der Waals surface area contributed by atoms with Crippen molar-refractivity contribution in [3.05, 3.63) is 58.3 Å². The number of hydrogen-bond donors (Lipinski definition) is 0. The number of benzene rings is 2. The van der Waals surface area contributed by atoms with Gasteiger partial charge in [-0.1, -0.05) is 22.5 Å². The zero-order valence-corrected chi connectivity index (χ0v) is 11.8. The predicted molar refractivity (Wildman–Crippen MR) is 75.3 cm³/mol. The van der Waals surface area contributed by atoms with Gasteiger partial charge in [-0.05, 0) is 29.8 Å². The number of ether oxygens (including phenoxy) is 2. The maximum Gasteiger partial charge on any atom is 0.168 e. The monoisotopic (exact) mass is 320 g/mol. The Bertz CT molecular complexity index is 695. The van der Waals surface area contributed by atoms with E-state index in [1.165, 1.54) is 13.2 Å². The normalized spacial score (nSPS) is 12.5. The van der Waals surface area contributed by atoms with Gasteiger partial charge in [0, 0.05) is 21.7 Å². The van der Waals surface area contributed by atoms with Crippen LogP contribution in [0.15, 0.2) is 41.4 Å². The summed E-state index contributed by atoms with van der Waals surface area (Å²) in [5.41, 5.74) is 2.41. The molecule has 19 heavy (non-hydrogen) atoms. The maximum absolute atomic E-state index is 13.7. The lowest BCUT2D eigenvalue weighted by Gasteiger charge is -2.23. The Labute approximate surface area is 118 Å². The average Bonchev–Trinajstić information content (AvgIpc) is 2.39. The summed E-state index contributed by atoms with van der Waals surface area (Å²) in [5, 5.41) is 0. The number of methoxy groups -OCH3 is 1. The SMILES string of the molecule is C=C1c2cc(Br)ccc2Oc2cc(F)c(OC)cc21. The molecule has 2 aromatic rings. The van der Waals surface area contributed by atoms with Crippen molar-refractivity contribution in [3.8, 4) is 17.2 Å². The van der Waals surface area contributed by atoms with E-state index in [-0.39, 0.29) is 5.75 Å². The lowest BCUT2D eigenvalue weighted by molar-refractivity contribution is 0.382. The van der Waals surface area contributed by atoms with Crippen molar-refractivity contribution < 1.29 is 13.9 Å². The molecule has 0 N–H and O–H groups in total. The van der Waals surface area contributed by atoms with Gasteiger partial charge >= 0.3 is 0 Å². The molecule has 0 saturated heterocycles. The molecule has 0 radical (unpaired) electrons. The molecule has 0 atom stereocenters. The van der Waals surface area contributed by atoms with Crippen LogP contribution >= 0.6 is 15.9 Å². The topological polar surface area (TPSA) is 18.5 Å². The minimum atomic E-state index is -0.449. The molecule has 0 amide bonds. The zero-order valence-electron chi connectivity index (χ0n) is 10.2. The standard InChI is InChI=1S/C15H10BrFO2/c1-8-10-5-9(16)3-4-13(10)19-14-7-12(17)15(18-2)6-11(8)14/h3-7H,1H2,2H3. The first kappa shape index (κ1) is 12.2. The number of rotatable bonds is 1. The summed E-state index contributed by atoms with van der Waals surface area (Å²) in [4.78, 5) is 0. The van der Waals surface area contributed by atoms with E-state index in [1.807, 2.05) is 18.2 Å². The molecule has 1 heterocycles. The summed E-state index contributed by atoms with van der Waals surface area (Å²) in [5.74, 6) is 0.861. The zero-order chi connectivity index (χ0) is 13.6. The molecule has 0 aliphatic carbocycles. The first-order valence-electron chi connectivity index (χ1n) is 5.64. The molecule has 96 valence electrons. The lowest BCUT2D eigenvalue weighted by atomic mass is 9.95. The summed E-state index contributed by atoms with van der Waals surface area (Å²) in [7, 11) is 1.43. The third-order valence-corrected chi connectivity index (χ3v) is 3.56. The van der Waals surface area contributed by atoms with E-state index >= 15 is 0 Å². The van der Waals surface area contributed by atoms with E-state index in [4.69, 9.17) is 9.47 Å². The first-order valence-corrected chi connectivity index (χ1v) is 6.44.